The highest BCUT2D eigenvalue weighted by Gasteiger charge is 2.05. The van der Waals surface area contributed by atoms with Gasteiger partial charge in [-0.15, -0.1) is 0 Å². The SMILES string of the molecule is Cc1cc(OCCNC(=O)C(C)C)ccc1Cl. The first kappa shape index (κ1) is 13.8. The highest BCUT2D eigenvalue weighted by atomic mass is 35.5. The standard InChI is InChI=1S/C13H18ClNO2/c1-9(2)13(16)15-6-7-17-11-4-5-12(14)10(3)8-11/h4-5,8-9H,6-7H2,1-3H3,(H,15,16). The van der Waals surface area contributed by atoms with Crippen LogP contribution in [-0.2, 0) is 4.79 Å². The second-order valence-corrected chi connectivity index (χ2v) is 4.61. The van der Waals surface area contributed by atoms with E-state index >= 15 is 0 Å². The number of benzene rings is 1. The van der Waals surface area contributed by atoms with Crippen molar-refractivity contribution in [3.63, 3.8) is 0 Å². The molecule has 1 aromatic carbocycles. The van der Waals surface area contributed by atoms with Crippen LogP contribution in [0.25, 0.3) is 0 Å². The zero-order chi connectivity index (χ0) is 12.8. The number of amides is 1. The maximum Gasteiger partial charge on any atom is 0.222 e. The van der Waals surface area contributed by atoms with Crippen LogP contribution < -0.4 is 10.1 Å². The molecule has 0 aliphatic heterocycles. The fourth-order valence-corrected chi connectivity index (χ4v) is 1.37. The zero-order valence-corrected chi connectivity index (χ0v) is 11.2. The van der Waals surface area contributed by atoms with E-state index < -0.39 is 0 Å². The molecule has 0 saturated carbocycles. The number of ether oxygens (including phenoxy) is 1. The molecule has 0 aliphatic carbocycles. The molecule has 0 unspecified atom stereocenters. The van der Waals surface area contributed by atoms with Crippen molar-refractivity contribution in [2.45, 2.75) is 20.8 Å². The lowest BCUT2D eigenvalue weighted by Gasteiger charge is -2.10. The van der Waals surface area contributed by atoms with Crippen LogP contribution in [0, 0.1) is 12.8 Å². The molecule has 4 heteroatoms. The highest BCUT2D eigenvalue weighted by molar-refractivity contribution is 6.31. The molecule has 0 radical (unpaired) electrons. The molecule has 17 heavy (non-hydrogen) atoms. The third kappa shape index (κ3) is 4.65. The summed E-state index contributed by atoms with van der Waals surface area (Å²) in [7, 11) is 0. The normalized spacial score (nSPS) is 10.4. The molecule has 1 amide bonds. The first-order chi connectivity index (χ1) is 8.00. The maximum absolute atomic E-state index is 11.3. The summed E-state index contributed by atoms with van der Waals surface area (Å²) in [5.74, 6) is 0.819. The Morgan fingerprint density at radius 2 is 2.18 bits per heavy atom. The minimum atomic E-state index is 0.00720. The van der Waals surface area contributed by atoms with Gasteiger partial charge in [-0.25, -0.2) is 0 Å². The third-order valence-corrected chi connectivity index (χ3v) is 2.75. The average Bonchev–Trinajstić information content (AvgIpc) is 2.28. The Morgan fingerprint density at radius 1 is 1.47 bits per heavy atom. The van der Waals surface area contributed by atoms with E-state index in [9.17, 15) is 4.79 Å². The molecule has 0 atom stereocenters. The van der Waals surface area contributed by atoms with Crippen LogP contribution in [0.2, 0.25) is 5.02 Å². The van der Waals surface area contributed by atoms with Gasteiger partial charge in [0.25, 0.3) is 0 Å². The van der Waals surface area contributed by atoms with E-state index in [2.05, 4.69) is 5.32 Å². The second-order valence-electron chi connectivity index (χ2n) is 4.21. The quantitative estimate of drug-likeness (QED) is 0.822. The molecule has 0 fully saturated rings. The van der Waals surface area contributed by atoms with Gasteiger partial charge in [-0.2, -0.15) is 0 Å². The lowest BCUT2D eigenvalue weighted by molar-refractivity contribution is -0.124. The molecular formula is C13H18ClNO2. The molecule has 1 rings (SSSR count). The van der Waals surface area contributed by atoms with Crippen LogP contribution in [0.3, 0.4) is 0 Å². The number of carbonyl (C=O) groups is 1. The zero-order valence-electron chi connectivity index (χ0n) is 10.4. The Hall–Kier alpha value is -1.22. The van der Waals surface area contributed by atoms with Crippen LogP contribution in [0.15, 0.2) is 18.2 Å². The van der Waals surface area contributed by atoms with Gasteiger partial charge in [0.1, 0.15) is 12.4 Å². The molecule has 94 valence electrons. The minimum Gasteiger partial charge on any atom is -0.492 e. The van der Waals surface area contributed by atoms with Gasteiger partial charge in [0, 0.05) is 10.9 Å². The van der Waals surface area contributed by atoms with Gasteiger partial charge in [-0.3, -0.25) is 4.79 Å². The van der Waals surface area contributed by atoms with Crippen LogP contribution in [0.1, 0.15) is 19.4 Å². The number of carbonyl (C=O) groups excluding carboxylic acids is 1. The summed E-state index contributed by atoms with van der Waals surface area (Å²) in [4.78, 5) is 11.3. The monoisotopic (exact) mass is 255 g/mol. The fourth-order valence-electron chi connectivity index (χ4n) is 1.25. The Bertz CT molecular complexity index is 391. The number of hydrogen-bond acceptors (Lipinski definition) is 2. The van der Waals surface area contributed by atoms with Crippen molar-refractivity contribution in [3.05, 3.63) is 28.8 Å². The molecule has 3 nitrogen and oxygen atoms in total. The Morgan fingerprint density at radius 3 is 2.76 bits per heavy atom. The van der Waals surface area contributed by atoms with Gasteiger partial charge >= 0.3 is 0 Å². The molecule has 1 N–H and O–H groups in total. The van der Waals surface area contributed by atoms with Gasteiger partial charge in [0.05, 0.1) is 6.54 Å². The van der Waals surface area contributed by atoms with Crippen molar-refractivity contribution in [1.82, 2.24) is 5.32 Å². The lowest BCUT2D eigenvalue weighted by atomic mass is 10.2. The van der Waals surface area contributed by atoms with Gasteiger partial charge < -0.3 is 10.1 Å². The average molecular weight is 256 g/mol. The summed E-state index contributed by atoms with van der Waals surface area (Å²) in [5.41, 5.74) is 0.982. The number of nitrogens with one attached hydrogen (secondary N) is 1. The summed E-state index contributed by atoms with van der Waals surface area (Å²) in [6.45, 7) is 6.62. The van der Waals surface area contributed by atoms with Gasteiger partial charge in [0.15, 0.2) is 0 Å². The van der Waals surface area contributed by atoms with Gasteiger partial charge in [-0.05, 0) is 30.7 Å². The van der Waals surface area contributed by atoms with E-state index in [1.807, 2.05) is 32.9 Å². The van der Waals surface area contributed by atoms with Crippen molar-refractivity contribution in [3.8, 4) is 5.75 Å². The molecule has 0 heterocycles. The molecule has 1 aromatic rings. The lowest BCUT2D eigenvalue weighted by Crippen LogP contribution is -2.31. The Balaban J connectivity index is 2.31. The smallest absolute Gasteiger partial charge is 0.222 e. The van der Waals surface area contributed by atoms with Crippen molar-refractivity contribution < 1.29 is 9.53 Å². The van der Waals surface area contributed by atoms with Gasteiger partial charge in [0.2, 0.25) is 5.91 Å². The third-order valence-electron chi connectivity index (χ3n) is 2.32. The molecule has 0 aliphatic rings. The van der Waals surface area contributed by atoms with E-state index in [-0.39, 0.29) is 11.8 Å². The summed E-state index contributed by atoms with van der Waals surface area (Å²) < 4.78 is 5.50. The largest absolute Gasteiger partial charge is 0.492 e. The second kappa shape index (κ2) is 6.50. The van der Waals surface area contributed by atoms with Crippen molar-refractivity contribution in [1.29, 1.82) is 0 Å². The number of rotatable bonds is 5. The Labute approximate surface area is 107 Å². The van der Waals surface area contributed by atoms with E-state index in [1.54, 1.807) is 6.07 Å². The number of hydrogen-bond donors (Lipinski definition) is 1. The van der Waals surface area contributed by atoms with E-state index in [4.69, 9.17) is 16.3 Å². The molecular weight excluding hydrogens is 238 g/mol. The molecule has 0 bridgehead atoms. The van der Waals surface area contributed by atoms with Crippen LogP contribution >= 0.6 is 11.6 Å². The molecule has 0 saturated heterocycles. The van der Waals surface area contributed by atoms with E-state index in [1.165, 1.54) is 0 Å². The first-order valence-electron chi connectivity index (χ1n) is 5.67. The predicted octanol–water partition coefficient (Wildman–Crippen LogP) is 2.80. The summed E-state index contributed by atoms with van der Waals surface area (Å²) >= 11 is 5.91. The van der Waals surface area contributed by atoms with Crippen LogP contribution in [-0.4, -0.2) is 19.1 Å². The molecule has 0 spiro atoms. The van der Waals surface area contributed by atoms with Crippen LogP contribution in [0.5, 0.6) is 5.75 Å². The van der Waals surface area contributed by atoms with Gasteiger partial charge in [-0.1, -0.05) is 25.4 Å². The molecule has 0 aromatic heterocycles. The predicted molar refractivity (Wildman–Crippen MR) is 69.5 cm³/mol. The minimum absolute atomic E-state index is 0.00720. The first-order valence-corrected chi connectivity index (χ1v) is 6.05. The topological polar surface area (TPSA) is 38.3 Å². The number of halogens is 1. The van der Waals surface area contributed by atoms with Crippen molar-refractivity contribution in [2.24, 2.45) is 5.92 Å². The van der Waals surface area contributed by atoms with Crippen molar-refractivity contribution >= 4 is 17.5 Å². The highest BCUT2D eigenvalue weighted by Crippen LogP contribution is 2.20. The van der Waals surface area contributed by atoms with Crippen LogP contribution in [0.4, 0.5) is 0 Å². The maximum atomic E-state index is 11.3. The Kier molecular flexibility index (Phi) is 5.29. The number of aryl methyl sites for hydroxylation is 1. The van der Waals surface area contributed by atoms with Crippen molar-refractivity contribution in [2.75, 3.05) is 13.2 Å². The summed E-state index contributed by atoms with van der Waals surface area (Å²) in [6, 6.07) is 5.51. The van der Waals surface area contributed by atoms with E-state index in [0.717, 1.165) is 16.3 Å². The summed E-state index contributed by atoms with van der Waals surface area (Å²) in [5, 5.41) is 3.52. The fraction of sp³-hybridized carbons (Fsp3) is 0.462. The van der Waals surface area contributed by atoms with E-state index in [0.29, 0.717) is 13.2 Å². The summed E-state index contributed by atoms with van der Waals surface area (Å²) in [6.07, 6.45) is 0.